The molecule has 4 heteroatoms. The molecule has 18 heavy (non-hydrogen) atoms. The standard InChI is InChI=1S/C14H14O3S/c15-10-6-9-7-13(16)14(12(9)8-10)18(17)11-4-2-1-3-5-11/h1-5,9,12,14H,6-8H2/t9-,12-,14+,18+/m1/s1. The van der Waals surface area contributed by atoms with Crippen LogP contribution in [0.4, 0.5) is 0 Å². The minimum atomic E-state index is -1.32. The maximum atomic E-state index is 12.5. The highest BCUT2D eigenvalue weighted by Gasteiger charge is 2.50. The number of carbonyl (C=O) groups excluding carboxylic acids is 2. The van der Waals surface area contributed by atoms with Crippen molar-refractivity contribution in [2.75, 3.05) is 0 Å². The number of Topliss-reactive ketones (excluding diaryl/α,β-unsaturated/α-hetero) is 2. The van der Waals surface area contributed by atoms with Crippen LogP contribution in [0, 0.1) is 11.8 Å². The van der Waals surface area contributed by atoms with E-state index in [9.17, 15) is 13.8 Å². The normalized spacial score (nSPS) is 32.6. The molecule has 94 valence electrons. The number of hydrogen-bond donors (Lipinski definition) is 0. The van der Waals surface area contributed by atoms with Gasteiger partial charge >= 0.3 is 0 Å². The van der Waals surface area contributed by atoms with Crippen LogP contribution in [0.5, 0.6) is 0 Å². The van der Waals surface area contributed by atoms with Crippen LogP contribution in [0.15, 0.2) is 35.2 Å². The van der Waals surface area contributed by atoms with Gasteiger partial charge in [0.25, 0.3) is 0 Å². The Kier molecular flexibility index (Phi) is 2.90. The lowest BCUT2D eigenvalue weighted by molar-refractivity contribution is -0.119. The summed E-state index contributed by atoms with van der Waals surface area (Å²) in [4.78, 5) is 24.2. The first-order valence-electron chi connectivity index (χ1n) is 6.17. The third kappa shape index (κ3) is 1.85. The molecule has 0 aromatic heterocycles. The van der Waals surface area contributed by atoms with Gasteiger partial charge in [-0.05, 0) is 24.0 Å². The molecule has 0 N–H and O–H groups in total. The first kappa shape index (κ1) is 11.8. The van der Waals surface area contributed by atoms with Gasteiger partial charge in [-0.2, -0.15) is 0 Å². The summed E-state index contributed by atoms with van der Waals surface area (Å²) in [5.41, 5.74) is 0. The topological polar surface area (TPSA) is 51.2 Å². The molecule has 2 aliphatic carbocycles. The third-order valence-corrected chi connectivity index (χ3v) is 5.74. The highest BCUT2D eigenvalue weighted by Crippen LogP contribution is 2.43. The van der Waals surface area contributed by atoms with Crippen molar-refractivity contribution in [2.24, 2.45) is 11.8 Å². The Balaban J connectivity index is 1.90. The van der Waals surface area contributed by atoms with Crippen LogP contribution in [-0.2, 0) is 20.4 Å². The lowest BCUT2D eigenvalue weighted by Gasteiger charge is -2.15. The molecule has 0 spiro atoms. The molecule has 1 aromatic rings. The third-order valence-electron chi connectivity index (χ3n) is 3.93. The molecule has 3 nitrogen and oxygen atoms in total. The second-order valence-electron chi connectivity index (χ2n) is 5.07. The van der Waals surface area contributed by atoms with Crippen LogP contribution in [0.3, 0.4) is 0 Å². The van der Waals surface area contributed by atoms with E-state index in [2.05, 4.69) is 0 Å². The summed E-state index contributed by atoms with van der Waals surface area (Å²) >= 11 is 0. The minimum absolute atomic E-state index is 0.00559. The SMILES string of the molecule is O=C1C[C@@H]2CC(=O)[C@@H]([S@@](=O)c3ccccc3)[C@@H]2C1. The predicted molar refractivity (Wildman–Crippen MR) is 67.5 cm³/mol. The van der Waals surface area contributed by atoms with Crippen molar-refractivity contribution < 1.29 is 13.8 Å². The lowest BCUT2D eigenvalue weighted by atomic mass is 10.0. The van der Waals surface area contributed by atoms with Crippen molar-refractivity contribution >= 4 is 22.4 Å². The van der Waals surface area contributed by atoms with Gasteiger partial charge in [-0.1, -0.05) is 18.2 Å². The molecule has 0 radical (unpaired) electrons. The van der Waals surface area contributed by atoms with Gasteiger partial charge < -0.3 is 0 Å². The fourth-order valence-electron chi connectivity index (χ4n) is 3.13. The summed E-state index contributed by atoms with van der Waals surface area (Å²) in [5.74, 6) is 0.431. The zero-order valence-electron chi connectivity index (χ0n) is 9.87. The zero-order valence-corrected chi connectivity index (χ0v) is 10.7. The van der Waals surface area contributed by atoms with Crippen LogP contribution in [0.2, 0.25) is 0 Å². The van der Waals surface area contributed by atoms with Crippen LogP contribution in [-0.4, -0.2) is 21.0 Å². The van der Waals surface area contributed by atoms with Gasteiger partial charge in [0, 0.05) is 24.2 Å². The smallest absolute Gasteiger partial charge is 0.149 e. The molecule has 0 heterocycles. The Morgan fingerprint density at radius 1 is 1.00 bits per heavy atom. The van der Waals surface area contributed by atoms with Crippen LogP contribution < -0.4 is 0 Å². The number of carbonyl (C=O) groups is 2. The molecule has 1 aromatic carbocycles. The van der Waals surface area contributed by atoms with E-state index in [1.54, 1.807) is 12.1 Å². The average molecular weight is 262 g/mol. The predicted octanol–water partition coefficient (Wildman–Crippen LogP) is 1.73. The van der Waals surface area contributed by atoms with E-state index in [1.165, 1.54) is 0 Å². The quantitative estimate of drug-likeness (QED) is 0.815. The van der Waals surface area contributed by atoms with Crippen molar-refractivity contribution in [3.8, 4) is 0 Å². The molecule has 0 bridgehead atoms. The van der Waals surface area contributed by atoms with E-state index < -0.39 is 16.0 Å². The minimum Gasteiger partial charge on any atom is -0.300 e. The van der Waals surface area contributed by atoms with Gasteiger partial charge in [-0.25, -0.2) is 0 Å². The van der Waals surface area contributed by atoms with Crippen molar-refractivity contribution in [1.82, 2.24) is 0 Å². The summed E-state index contributed by atoms with van der Waals surface area (Å²) in [6, 6.07) is 9.08. The van der Waals surface area contributed by atoms with Crippen LogP contribution in [0.1, 0.15) is 19.3 Å². The highest BCUT2D eigenvalue weighted by atomic mass is 32.2. The molecular weight excluding hydrogens is 248 g/mol. The van der Waals surface area contributed by atoms with E-state index in [-0.39, 0.29) is 23.4 Å². The highest BCUT2D eigenvalue weighted by molar-refractivity contribution is 7.86. The fraction of sp³-hybridized carbons (Fsp3) is 0.429. The zero-order chi connectivity index (χ0) is 12.7. The number of rotatable bonds is 2. The van der Waals surface area contributed by atoms with E-state index >= 15 is 0 Å². The van der Waals surface area contributed by atoms with Crippen molar-refractivity contribution in [3.63, 3.8) is 0 Å². The molecular formula is C14H14O3S. The number of hydrogen-bond acceptors (Lipinski definition) is 3. The number of fused-ring (bicyclic) bond motifs is 1. The second-order valence-corrected chi connectivity index (χ2v) is 6.65. The Morgan fingerprint density at radius 2 is 1.72 bits per heavy atom. The average Bonchev–Trinajstić information content (AvgIpc) is 2.84. The van der Waals surface area contributed by atoms with Crippen molar-refractivity contribution in [3.05, 3.63) is 30.3 Å². The molecule has 2 fully saturated rings. The Labute approximate surface area is 108 Å². The molecule has 0 aliphatic heterocycles. The molecule has 0 unspecified atom stereocenters. The summed E-state index contributed by atoms with van der Waals surface area (Å²) < 4.78 is 12.5. The van der Waals surface area contributed by atoms with Gasteiger partial charge in [0.1, 0.15) is 16.8 Å². The van der Waals surface area contributed by atoms with Gasteiger partial charge in [-0.15, -0.1) is 0 Å². The molecule has 2 saturated carbocycles. The maximum absolute atomic E-state index is 12.5. The summed E-state index contributed by atoms with van der Waals surface area (Å²) in [6.07, 6.45) is 1.36. The Bertz CT molecular complexity index is 523. The van der Waals surface area contributed by atoms with Crippen molar-refractivity contribution in [1.29, 1.82) is 0 Å². The van der Waals surface area contributed by atoms with Gasteiger partial charge in [0.2, 0.25) is 0 Å². The first-order valence-corrected chi connectivity index (χ1v) is 7.38. The van der Waals surface area contributed by atoms with E-state index in [0.717, 1.165) is 0 Å². The Hall–Kier alpha value is -1.29. The van der Waals surface area contributed by atoms with Gasteiger partial charge in [-0.3, -0.25) is 13.8 Å². The Morgan fingerprint density at radius 3 is 2.44 bits per heavy atom. The first-order chi connectivity index (χ1) is 8.66. The summed E-state index contributed by atoms with van der Waals surface area (Å²) in [7, 11) is -1.32. The lowest BCUT2D eigenvalue weighted by Crippen LogP contribution is -2.27. The molecule has 3 rings (SSSR count). The van der Waals surface area contributed by atoms with Gasteiger partial charge in [0.05, 0.1) is 10.8 Å². The molecule has 4 atom stereocenters. The number of ketones is 2. The fourth-order valence-corrected chi connectivity index (χ4v) is 4.82. The number of benzene rings is 1. The van der Waals surface area contributed by atoms with Crippen LogP contribution >= 0.6 is 0 Å². The monoisotopic (exact) mass is 262 g/mol. The van der Waals surface area contributed by atoms with E-state index in [0.29, 0.717) is 24.2 Å². The van der Waals surface area contributed by atoms with Crippen LogP contribution in [0.25, 0.3) is 0 Å². The summed E-state index contributed by atoms with van der Waals surface area (Å²) in [6.45, 7) is 0. The summed E-state index contributed by atoms with van der Waals surface area (Å²) in [5, 5.41) is -0.469. The van der Waals surface area contributed by atoms with Gasteiger partial charge in [0.15, 0.2) is 0 Å². The molecule has 0 saturated heterocycles. The molecule has 0 amide bonds. The van der Waals surface area contributed by atoms with E-state index in [1.807, 2.05) is 18.2 Å². The van der Waals surface area contributed by atoms with Crippen molar-refractivity contribution in [2.45, 2.75) is 29.4 Å². The maximum Gasteiger partial charge on any atom is 0.149 e. The largest absolute Gasteiger partial charge is 0.300 e. The van der Waals surface area contributed by atoms with E-state index in [4.69, 9.17) is 0 Å². The second kappa shape index (κ2) is 4.43. The molecule has 2 aliphatic rings.